The minimum Gasteiger partial charge on any atom is -0.462 e. The lowest BCUT2D eigenvalue weighted by atomic mass is 9.92. The van der Waals surface area contributed by atoms with Crippen molar-refractivity contribution in [3.63, 3.8) is 0 Å². The fraction of sp³-hybridized carbons (Fsp3) is 0.319. The number of carbonyl (C=O) groups is 4. The molecule has 4 atom stereocenters. The normalized spacial score (nSPS) is 21.0. The number of aliphatic hydroxyl groups is 1. The molecule has 11 heteroatoms. The fourth-order valence-electron chi connectivity index (χ4n) is 8.65. The maximum Gasteiger partial charge on any atom is 0.407 e. The van der Waals surface area contributed by atoms with Gasteiger partial charge in [-0.05, 0) is 77.1 Å². The Balaban J connectivity index is 0.979. The van der Waals surface area contributed by atoms with E-state index >= 15 is 0 Å². The van der Waals surface area contributed by atoms with Gasteiger partial charge in [0.2, 0.25) is 11.8 Å². The molecule has 0 radical (unpaired) electrons. The van der Waals surface area contributed by atoms with Gasteiger partial charge >= 0.3 is 12.1 Å². The Bertz CT molecular complexity index is 2290. The second kappa shape index (κ2) is 17.5. The molecule has 2 aliphatic heterocycles. The monoisotopic (exact) mass is 780 g/mol. The molecule has 0 saturated carbocycles. The standard InChI is InChI=1S/C47H48N4O7/c52-27-35-23-30-12-4-5-14-32(30)26-51(35)44(53)24-31-13-2-1-3-21-43(46(55)57-28-34(49-45(31)54)22-33-25-48-42-20-11-10-15-36(33)42)50-47(56)58-29-41-39-18-8-6-16-37(39)38-17-7-9-19-40(38)41/h1-2,4-12,14-20,25,31,34-35,41,43,48,52H,3,13,21-24,26-29H2,(H,49,54)(H,50,56)/t31-,34+,35+,43+/m1/s1. The Hall–Kier alpha value is -6.20. The molecule has 0 spiro atoms. The number of aromatic amines is 1. The van der Waals surface area contributed by atoms with Gasteiger partial charge in [-0.2, -0.15) is 0 Å². The first-order chi connectivity index (χ1) is 28.4. The van der Waals surface area contributed by atoms with Crippen LogP contribution in [-0.4, -0.2) is 76.8 Å². The molecular weight excluding hydrogens is 733 g/mol. The van der Waals surface area contributed by atoms with Crippen LogP contribution in [0.15, 0.2) is 115 Å². The summed E-state index contributed by atoms with van der Waals surface area (Å²) in [6.45, 7) is 0.127. The van der Waals surface area contributed by atoms with Gasteiger partial charge in [0.15, 0.2) is 0 Å². The number of cyclic esters (lactones) is 1. The van der Waals surface area contributed by atoms with Crippen molar-refractivity contribution in [1.29, 1.82) is 0 Å². The molecule has 1 aromatic heterocycles. The summed E-state index contributed by atoms with van der Waals surface area (Å²) in [5, 5.41) is 17.1. The van der Waals surface area contributed by atoms with Gasteiger partial charge in [-0.1, -0.05) is 103 Å². The average molecular weight is 781 g/mol. The third-order valence-electron chi connectivity index (χ3n) is 11.7. The summed E-state index contributed by atoms with van der Waals surface area (Å²) in [6, 6.07) is 29.9. The van der Waals surface area contributed by atoms with Crippen LogP contribution in [0, 0.1) is 5.92 Å². The molecule has 3 aliphatic rings. The smallest absolute Gasteiger partial charge is 0.407 e. The summed E-state index contributed by atoms with van der Waals surface area (Å²) in [7, 11) is 0. The van der Waals surface area contributed by atoms with E-state index in [1.165, 1.54) is 0 Å². The lowest BCUT2D eigenvalue weighted by molar-refractivity contribution is -0.147. The summed E-state index contributed by atoms with van der Waals surface area (Å²) in [5.41, 5.74) is 8.40. The van der Waals surface area contributed by atoms with E-state index in [9.17, 15) is 24.3 Å². The average Bonchev–Trinajstić information content (AvgIpc) is 3.81. The Morgan fingerprint density at radius 2 is 1.59 bits per heavy atom. The number of ether oxygens (including phenoxy) is 2. The number of rotatable bonds is 8. The highest BCUT2D eigenvalue weighted by Crippen LogP contribution is 2.44. The summed E-state index contributed by atoms with van der Waals surface area (Å²) in [4.78, 5) is 60.1. The van der Waals surface area contributed by atoms with Crippen LogP contribution in [0.3, 0.4) is 0 Å². The first-order valence-corrected chi connectivity index (χ1v) is 20.1. The SMILES string of the molecule is O=C(N[C@H]1CCC=CC[C@H](CC(=O)N2Cc3ccccc3C[C@H]2CO)C(=O)N[C@@H](Cc2c[nH]c3ccccc23)COC1=O)OCC1c2ccccc2-c2ccccc21. The van der Waals surface area contributed by atoms with E-state index in [2.05, 4.69) is 27.8 Å². The number of para-hydroxylation sites is 1. The number of nitrogens with zero attached hydrogens (tertiary/aromatic N) is 1. The molecule has 0 saturated heterocycles. The van der Waals surface area contributed by atoms with Gasteiger partial charge < -0.3 is 35.1 Å². The zero-order valence-corrected chi connectivity index (χ0v) is 32.3. The highest BCUT2D eigenvalue weighted by molar-refractivity contribution is 5.87. The first kappa shape index (κ1) is 38.7. The van der Waals surface area contributed by atoms with Crippen LogP contribution in [0.4, 0.5) is 4.79 Å². The predicted molar refractivity (Wildman–Crippen MR) is 220 cm³/mol. The van der Waals surface area contributed by atoms with Gasteiger partial charge in [-0.15, -0.1) is 0 Å². The minimum atomic E-state index is -1.000. The molecule has 11 nitrogen and oxygen atoms in total. The maximum absolute atomic E-state index is 14.1. The van der Waals surface area contributed by atoms with Crippen LogP contribution in [0.1, 0.15) is 59.4 Å². The number of carbonyl (C=O) groups excluding carboxylic acids is 4. The summed E-state index contributed by atoms with van der Waals surface area (Å²) in [6.07, 6.45) is 6.63. The molecule has 8 rings (SSSR count). The Kier molecular flexibility index (Phi) is 11.7. The summed E-state index contributed by atoms with van der Waals surface area (Å²) < 4.78 is 11.7. The highest BCUT2D eigenvalue weighted by Gasteiger charge is 2.34. The van der Waals surface area contributed by atoms with Crippen molar-refractivity contribution in [2.45, 2.75) is 69.1 Å². The molecule has 0 bridgehead atoms. The molecule has 0 fully saturated rings. The van der Waals surface area contributed by atoms with Crippen LogP contribution in [0.5, 0.6) is 0 Å². The largest absolute Gasteiger partial charge is 0.462 e. The number of amides is 3. The van der Waals surface area contributed by atoms with Crippen LogP contribution in [0.25, 0.3) is 22.0 Å². The molecule has 0 unspecified atom stereocenters. The van der Waals surface area contributed by atoms with Crippen molar-refractivity contribution in [2.75, 3.05) is 19.8 Å². The number of hydrogen-bond donors (Lipinski definition) is 4. The summed E-state index contributed by atoms with van der Waals surface area (Å²) in [5.74, 6) is -2.02. The Labute approximate surface area is 337 Å². The van der Waals surface area contributed by atoms with Crippen molar-refractivity contribution in [2.24, 2.45) is 5.92 Å². The van der Waals surface area contributed by atoms with E-state index in [4.69, 9.17) is 9.47 Å². The number of aliphatic hydroxyl groups excluding tert-OH is 1. The molecule has 3 amide bonds. The molecular formula is C47H48N4O7. The van der Waals surface area contributed by atoms with Crippen molar-refractivity contribution in [3.8, 4) is 11.1 Å². The molecule has 3 heterocycles. The van der Waals surface area contributed by atoms with E-state index in [1.807, 2.05) is 103 Å². The number of hydrogen-bond acceptors (Lipinski definition) is 7. The molecule has 4 aromatic carbocycles. The second-order valence-electron chi connectivity index (χ2n) is 15.4. The van der Waals surface area contributed by atoms with Crippen LogP contribution in [0.2, 0.25) is 0 Å². The van der Waals surface area contributed by atoms with E-state index in [0.29, 0.717) is 25.8 Å². The molecule has 5 aromatic rings. The van der Waals surface area contributed by atoms with Crippen molar-refractivity contribution < 1.29 is 33.8 Å². The lowest BCUT2D eigenvalue weighted by Crippen LogP contribution is -2.49. The number of benzene rings is 4. The first-order valence-electron chi connectivity index (χ1n) is 20.1. The van der Waals surface area contributed by atoms with Crippen molar-refractivity contribution in [1.82, 2.24) is 20.5 Å². The third-order valence-corrected chi connectivity index (χ3v) is 11.7. The summed E-state index contributed by atoms with van der Waals surface area (Å²) >= 11 is 0. The quantitative estimate of drug-likeness (QED) is 0.106. The predicted octanol–water partition coefficient (Wildman–Crippen LogP) is 6.34. The molecule has 58 heavy (non-hydrogen) atoms. The van der Waals surface area contributed by atoms with E-state index in [0.717, 1.165) is 49.8 Å². The fourth-order valence-corrected chi connectivity index (χ4v) is 8.65. The number of aromatic nitrogens is 1. The number of alkyl carbamates (subject to hydrolysis) is 1. The number of nitrogens with one attached hydrogen (secondary N) is 3. The van der Waals surface area contributed by atoms with E-state index in [-0.39, 0.29) is 62.9 Å². The van der Waals surface area contributed by atoms with E-state index < -0.39 is 30.1 Å². The number of fused-ring (bicyclic) bond motifs is 5. The van der Waals surface area contributed by atoms with Gasteiger partial charge in [-0.25, -0.2) is 9.59 Å². The van der Waals surface area contributed by atoms with Crippen molar-refractivity contribution in [3.05, 3.63) is 143 Å². The van der Waals surface area contributed by atoms with Gasteiger partial charge in [-0.3, -0.25) is 9.59 Å². The van der Waals surface area contributed by atoms with Gasteiger partial charge in [0.25, 0.3) is 0 Å². The van der Waals surface area contributed by atoms with Crippen LogP contribution >= 0.6 is 0 Å². The van der Waals surface area contributed by atoms with E-state index in [1.54, 1.807) is 4.90 Å². The topological polar surface area (TPSA) is 150 Å². The van der Waals surface area contributed by atoms with Gasteiger partial charge in [0.1, 0.15) is 19.3 Å². The van der Waals surface area contributed by atoms with Crippen LogP contribution in [-0.2, 0) is 43.2 Å². The minimum absolute atomic E-state index is 0.0552. The zero-order chi connectivity index (χ0) is 40.0. The second-order valence-corrected chi connectivity index (χ2v) is 15.4. The molecule has 298 valence electrons. The van der Waals surface area contributed by atoms with Gasteiger partial charge in [0, 0.05) is 36.0 Å². The third kappa shape index (κ3) is 8.40. The highest BCUT2D eigenvalue weighted by atomic mass is 16.6. The lowest BCUT2D eigenvalue weighted by Gasteiger charge is -2.36. The number of allylic oxidation sites excluding steroid dienone is 2. The number of H-pyrrole nitrogens is 1. The Morgan fingerprint density at radius 3 is 2.36 bits per heavy atom. The number of esters is 1. The Morgan fingerprint density at radius 1 is 0.879 bits per heavy atom. The zero-order valence-electron chi connectivity index (χ0n) is 32.3. The molecule has 4 N–H and O–H groups in total. The molecule has 1 aliphatic carbocycles. The van der Waals surface area contributed by atoms with Crippen LogP contribution < -0.4 is 10.6 Å². The maximum atomic E-state index is 14.1. The van der Waals surface area contributed by atoms with Crippen molar-refractivity contribution >= 4 is 34.8 Å². The van der Waals surface area contributed by atoms with Gasteiger partial charge in [0.05, 0.1) is 24.6 Å².